The van der Waals surface area contributed by atoms with E-state index in [0.717, 1.165) is 31.0 Å². The topological polar surface area (TPSA) is 67.9 Å². The van der Waals surface area contributed by atoms with Gasteiger partial charge >= 0.3 is 0 Å². The lowest BCUT2D eigenvalue weighted by Crippen LogP contribution is -2.34. The van der Waals surface area contributed by atoms with Crippen LogP contribution in [0.1, 0.15) is 41.8 Å². The van der Waals surface area contributed by atoms with E-state index < -0.39 is 0 Å². The predicted octanol–water partition coefficient (Wildman–Crippen LogP) is 1.60. The second kappa shape index (κ2) is 4.70. The molecule has 2 aromatic rings. The summed E-state index contributed by atoms with van der Waals surface area (Å²) in [7, 11) is 0. The number of nitrogens with zero attached hydrogens (tertiary/aromatic N) is 5. The van der Waals surface area contributed by atoms with Crippen LogP contribution in [0.4, 0.5) is 0 Å². The molecule has 19 heavy (non-hydrogen) atoms. The fraction of sp³-hybridized carbons (Fsp3) is 0.538. The van der Waals surface area contributed by atoms with Crippen LogP contribution in [0.3, 0.4) is 0 Å². The van der Waals surface area contributed by atoms with E-state index in [-0.39, 0.29) is 6.04 Å². The van der Waals surface area contributed by atoms with Gasteiger partial charge in [0.1, 0.15) is 5.82 Å². The Hall–Kier alpha value is -1.82. The van der Waals surface area contributed by atoms with E-state index in [1.54, 1.807) is 0 Å². The van der Waals surface area contributed by atoms with E-state index in [9.17, 15) is 0 Å². The lowest BCUT2D eigenvalue weighted by atomic mass is 10.1. The van der Waals surface area contributed by atoms with Crippen molar-refractivity contribution in [2.75, 3.05) is 6.54 Å². The normalized spacial score (nSPS) is 17.2. The van der Waals surface area contributed by atoms with E-state index in [4.69, 9.17) is 4.42 Å². The van der Waals surface area contributed by atoms with Crippen molar-refractivity contribution < 1.29 is 4.42 Å². The summed E-state index contributed by atoms with van der Waals surface area (Å²) in [5.74, 6) is 2.10. The second-order valence-electron chi connectivity index (χ2n) is 4.94. The molecule has 6 heteroatoms. The van der Waals surface area contributed by atoms with Gasteiger partial charge in [-0.05, 0) is 25.8 Å². The first-order valence-electron chi connectivity index (χ1n) is 6.49. The van der Waals surface area contributed by atoms with Gasteiger partial charge in [0.05, 0.1) is 11.7 Å². The molecule has 0 radical (unpaired) electrons. The summed E-state index contributed by atoms with van der Waals surface area (Å²) < 4.78 is 5.51. The molecule has 2 aromatic heterocycles. The third kappa shape index (κ3) is 2.35. The molecule has 6 nitrogen and oxygen atoms in total. The van der Waals surface area contributed by atoms with E-state index in [0.29, 0.717) is 11.8 Å². The van der Waals surface area contributed by atoms with Crippen molar-refractivity contribution in [1.82, 2.24) is 25.1 Å². The molecular formula is C13H17N5O. The van der Waals surface area contributed by atoms with E-state index in [2.05, 4.69) is 32.0 Å². The van der Waals surface area contributed by atoms with Gasteiger partial charge in [-0.15, -0.1) is 10.2 Å². The molecule has 0 spiro atoms. The quantitative estimate of drug-likeness (QED) is 0.816. The summed E-state index contributed by atoms with van der Waals surface area (Å²) in [6.07, 6.45) is 2.91. The Kier molecular flexibility index (Phi) is 3.02. The number of hydrogen-bond acceptors (Lipinski definition) is 6. The second-order valence-corrected chi connectivity index (χ2v) is 4.94. The smallest absolute Gasteiger partial charge is 0.233 e. The van der Waals surface area contributed by atoms with Crippen molar-refractivity contribution in [2.24, 2.45) is 0 Å². The predicted molar refractivity (Wildman–Crippen MR) is 68.3 cm³/mol. The minimum Gasteiger partial charge on any atom is -0.424 e. The summed E-state index contributed by atoms with van der Waals surface area (Å²) >= 11 is 0. The van der Waals surface area contributed by atoms with Crippen LogP contribution in [0, 0.1) is 13.8 Å². The van der Waals surface area contributed by atoms with Gasteiger partial charge in [-0.3, -0.25) is 4.90 Å². The molecule has 0 fully saturated rings. The molecule has 1 aliphatic rings. The van der Waals surface area contributed by atoms with Crippen molar-refractivity contribution >= 4 is 0 Å². The van der Waals surface area contributed by atoms with Crippen LogP contribution in [0.15, 0.2) is 10.6 Å². The zero-order chi connectivity index (χ0) is 13.4. The third-order valence-electron chi connectivity index (χ3n) is 3.54. The van der Waals surface area contributed by atoms with Gasteiger partial charge in [0, 0.05) is 26.2 Å². The Morgan fingerprint density at radius 1 is 1.32 bits per heavy atom. The van der Waals surface area contributed by atoms with Gasteiger partial charge in [0.2, 0.25) is 11.8 Å². The van der Waals surface area contributed by atoms with Crippen molar-refractivity contribution in [2.45, 2.75) is 39.8 Å². The van der Waals surface area contributed by atoms with Crippen LogP contribution < -0.4 is 0 Å². The Morgan fingerprint density at radius 2 is 2.16 bits per heavy atom. The van der Waals surface area contributed by atoms with Crippen LogP contribution in [-0.4, -0.2) is 31.6 Å². The van der Waals surface area contributed by atoms with E-state index in [1.807, 2.05) is 20.0 Å². The Balaban J connectivity index is 1.81. The maximum atomic E-state index is 5.51. The largest absolute Gasteiger partial charge is 0.424 e. The summed E-state index contributed by atoms with van der Waals surface area (Å²) in [4.78, 5) is 11.1. The van der Waals surface area contributed by atoms with Crippen molar-refractivity contribution in [3.8, 4) is 0 Å². The van der Waals surface area contributed by atoms with Gasteiger partial charge in [-0.25, -0.2) is 9.97 Å². The number of aromatic nitrogens is 4. The van der Waals surface area contributed by atoms with Crippen molar-refractivity contribution in [3.05, 3.63) is 35.1 Å². The highest BCUT2D eigenvalue weighted by Gasteiger charge is 2.25. The van der Waals surface area contributed by atoms with Gasteiger partial charge in [-0.1, -0.05) is 0 Å². The summed E-state index contributed by atoms with van der Waals surface area (Å²) in [5, 5.41) is 8.00. The lowest BCUT2D eigenvalue weighted by Gasteiger charge is -2.31. The third-order valence-corrected chi connectivity index (χ3v) is 3.54. The highest BCUT2D eigenvalue weighted by atomic mass is 16.4. The molecule has 0 bridgehead atoms. The molecule has 0 N–H and O–H groups in total. The van der Waals surface area contributed by atoms with Gasteiger partial charge in [-0.2, -0.15) is 0 Å². The highest BCUT2D eigenvalue weighted by molar-refractivity contribution is 5.20. The molecule has 0 saturated heterocycles. The summed E-state index contributed by atoms with van der Waals surface area (Å²) in [6.45, 7) is 7.59. The zero-order valence-corrected chi connectivity index (χ0v) is 11.4. The minimum atomic E-state index is 0.115. The molecule has 0 saturated carbocycles. The Morgan fingerprint density at radius 3 is 2.89 bits per heavy atom. The SMILES string of the molecule is Cc1ncc2c(n1)CN(C(C)c1nnc(C)o1)CC2. The maximum Gasteiger partial charge on any atom is 0.233 e. The molecule has 0 aromatic carbocycles. The van der Waals surface area contributed by atoms with Crippen LogP contribution in [-0.2, 0) is 13.0 Å². The van der Waals surface area contributed by atoms with Gasteiger partial charge in [0.25, 0.3) is 0 Å². The zero-order valence-electron chi connectivity index (χ0n) is 11.4. The molecule has 1 atom stereocenters. The number of fused-ring (bicyclic) bond motifs is 1. The first-order valence-corrected chi connectivity index (χ1v) is 6.49. The van der Waals surface area contributed by atoms with Crippen molar-refractivity contribution in [3.63, 3.8) is 0 Å². The van der Waals surface area contributed by atoms with Gasteiger partial charge < -0.3 is 4.42 Å². The molecule has 0 aliphatic carbocycles. The lowest BCUT2D eigenvalue weighted by molar-refractivity contribution is 0.162. The standard InChI is InChI=1S/C13H17N5O/c1-8(13-17-16-10(3)19-13)18-5-4-11-6-14-9(2)15-12(11)7-18/h6,8H,4-5,7H2,1-3H3. The number of hydrogen-bond donors (Lipinski definition) is 0. The average molecular weight is 259 g/mol. The number of aryl methyl sites for hydroxylation is 2. The van der Waals surface area contributed by atoms with E-state index in [1.165, 1.54) is 5.56 Å². The average Bonchev–Trinajstić information content (AvgIpc) is 2.83. The molecule has 1 aliphatic heterocycles. The molecule has 3 rings (SSSR count). The fourth-order valence-electron chi connectivity index (χ4n) is 2.39. The summed E-state index contributed by atoms with van der Waals surface area (Å²) in [5.41, 5.74) is 2.36. The fourth-order valence-corrected chi connectivity index (χ4v) is 2.39. The monoisotopic (exact) mass is 259 g/mol. The molecule has 3 heterocycles. The molecule has 1 unspecified atom stereocenters. The number of rotatable bonds is 2. The van der Waals surface area contributed by atoms with Crippen molar-refractivity contribution in [1.29, 1.82) is 0 Å². The van der Waals surface area contributed by atoms with Crippen LogP contribution in [0.2, 0.25) is 0 Å². The molecule has 0 amide bonds. The van der Waals surface area contributed by atoms with E-state index >= 15 is 0 Å². The Bertz CT molecular complexity index is 594. The van der Waals surface area contributed by atoms with Gasteiger partial charge in [0.15, 0.2) is 0 Å². The van der Waals surface area contributed by atoms with Crippen LogP contribution in [0.25, 0.3) is 0 Å². The van der Waals surface area contributed by atoms with Crippen LogP contribution in [0.5, 0.6) is 0 Å². The molecule has 100 valence electrons. The minimum absolute atomic E-state index is 0.115. The highest BCUT2D eigenvalue weighted by Crippen LogP contribution is 2.25. The first-order chi connectivity index (χ1) is 9.13. The summed E-state index contributed by atoms with van der Waals surface area (Å²) in [6, 6.07) is 0.115. The first kappa shape index (κ1) is 12.2. The maximum absolute atomic E-state index is 5.51. The Labute approximate surface area is 111 Å². The van der Waals surface area contributed by atoms with Crippen LogP contribution >= 0.6 is 0 Å². The molecular weight excluding hydrogens is 242 g/mol.